The number of rotatable bonds is 18. The summed E-state index contributed by atoms with van der Waals surface area (Å²) >= 11 is 1.35. The molecule has 1 amide bonds. The number of nitrogens with zero attached hydrogens (tertiary/aromatic N) is 3. The van der Waals surface area contributed by atoms with Crippen molar-refractivity contribution in [1.82, 2.24) is 14.8 Å². The first-order valence-electron chi connectivity index (χ1n) is 16.5. The number of esters is 1. The summed E-state index contributed by atoms with van der Waals surface area (Å²) in [7, 11) is 0.344. The van der Waals surface area contributed by atoms with Crippen molar-refractivity contribution >= 4 is 42.8 Å². The molecule has 0 N–H and O–H groups in total. The van der Waals surface area contributed by atoms with E-state index in [1.54, 1.807) is 5.38 Å². The van der Waals surface area contributed by atoms with Crippen molar-refractivity contribution < 1.29 is 28.0 Å². The number of carbonyl (C=O) groups is 3. The largest absolute Gasteiger partial charge is 0.464 e. The molecule has 1 aromatic heterocycles. The van der Waals surface area contributed by atoms with E-state index in [1.165, 1.54) is 18.4 Å². The first-order valence-corrected chi connectivity index (χ1v) is 19.7. The number of hydrogen-bond acceptors (Lipinski definition) is 9. The van der Waals surface area contributed by atoms with Crippen LogP contribution in [0.1, 0.15) is 102 Å². The third-order valence-electron chi connectivity index (χ3n) is 8.80. The number of thiazole rings is 1. The highest BCUT2D eigenvalue weighted by molar-refractivity contribution is 7.13. The molecule has 1 saturated heterocycles. The summed E-state index contributed by atoms with van der Waals surface area (Å²) in [5.41, 5.74) is 0.230. The summed E-state index contributed by atoms with van der Waals surface area (Å²) in [6, 6.07) is -0.414. The molecule has 0 aliphatic carbocycles. The Balaban J connectivity index is 2.64. The van der Waals surface area contributed by atoms with E-state index < -0.39 is 20.4 Å². The lowest BCUT2D eigenvalue weighted by atomic mass is 9.83. The first-order chi connectivity index (χ1) is 20.9. The van der Waals surface area contributed by atoms with E-state index >= 15 is 0 Å². The van der Waals surface area contributed by atoms with Gasteiger partial charge in [-0.25, -0.2) is 9.78 Å². The molecule has 0 radical (unpaired) electrons. The zero-order chi connectivity index (χ0) is 33.0. The third-order valence-corrected chi connectivity index (χ3v) is 12.9. The normalized spacial score (nSPS) is 18.6. The standard InChI is InChI=1S/C33H57N3O6SSi/c1-11-18-36(32(38)25(24(7)12-2)20-29(37)27-17-15-16-19-35(27)8)28(23(5)6)21-30(44(10,41-13-3)42-14-4)31-34-26(22-43-31)33(39)40-9/h21-25,27-28H,11-20H2,1-10H3/b30-21+/t24-,25-,27+,28+/m0/s1. The van der Waals surface area contributed by atoms with Crippen LogP contribution in [0.2, 0.25) is 6.55 Å². The number of aromatic nitrogens is 1. The Morgan fingerprint density at radius 3 is 2.32 bits per heavy atom. The van der Waals surface area contributed by atoms with Gasteiger partial charge in [-0.15, -0.1) is 11.3 Å². The van der Waals surface area contributed by atoms with Crippen LogP contribution in [-0.2, 0) is 23.2 Å². The summed E-state index contributed by atoms with van der Waals surface area (Å²) in [6.45, 7) is 18.7. The lowest BCUT2D eigenvalue weighted by Gasteiger charge is -2.39. The second kappa shape index (κ2) is 18.3. The average molecular weight is 652 g/mol. The fourth-order valence-electron chi connectivity index (χ4n) is 6.08. The molecule has 1 aromatic rings. The Hall–Kier alpha value is -1.92. The molecule has 1 aliphatic heterocycles. The number of ketones is 1. The Morgan fingerprint density at radius 2 is 1.80 bits per heavy atom. The third kappa shape index (κ3) is 9.79. The number of amides is 1. The second-order valence-corrected chi connectivity index (χ2v) is 16.2. The van der Waals surface area contributed by atoms with Crippen molar-refractivity contribution in [1.29, 1.82) is 0 Å². The zero-order valence-corrected chi connectivity index (χ0v) is 30.6. The number of likely N-dealkylation sites (N-methyl/N-ethyl adjacent to an activating group) is 1. The van der Waals surface area contributed by atoms with Gasteiger partial charge < -0.3 is 18.5 Å². The van der Waals surface area contributed by atoms with Gasteiger partial charge in [-0.05, 0) is 65.1 Å². The highest BCUT2D eigenvalue weighted by Crippen LogP contribution is 2.34. The van der Waals surface area contributed by atoms with Crippen LogP contribution in [-0.4, -0.2) is 93.5 Å². The molecule has 0 aromatic carbocycles. The fraction of sp³-hybridized carbons (Fsp3) is 0.758. The highest BCUT2D eigenvalue weighted by Gasteiger charge is 2.42. The smallest absolute Gasteiger partial charge is 0.372 e. The van der Waals surface area contributed by atoms with Crippen LogP contribution in [0.15, 0.2) is 11.5 Å². The van der Waals surface area contributed by atoms with E-state index in [1.807, 2.05) is 32.3 Å². The van der Waals surface area contributed by atoms with Gasteiger partial charge in [0.1, 0.15) is 5.01 Å². The second-order valence-electron chi connectivity index (χ2n) is 12.3. The lowest BCUT2D eigenvalue weighted by molar-refractivity contribution is -0.143. The topological polar surface area (TPSA) is 98.3 Å². The fourth-order valence-corrected chi connectivity index (χ4v) is 9.95. The van der Waals surface area contributed by atoms with Crippen LogP contribution in [0.3, 0.4) is 0 Å². The maximum Gasteiger partial charge on any atom is 0.372 e. The molecule has 4 atom stereocenters. The monoisotopic (exact) mass is 651 g/mol. The number of piperidine rings is 1. The lowest BCUT2D eigenvalue weighted by Crippen LogP contribution is -2.50. The van der Waals surface area contributed by atoms with Crippen molar-refractivity contribution in [3.05, 3.63) is 22.2 Å². The number of methoxy groups -OCH3 is 1. The predicted molar refractivity (Wildman–Crippen MR) is 180 cm³/mol. The van der Waals surface area contributed by atoms with Gasteiger partial charge in [0, 0.05) is 42.7 Å². The van der Waals surface area contributed by atoms with E-state index in [0.717, 1.165) is 43.8 Å². The van der Waals surface area contributed by atoms with Gasteiger partial charge in [0.2, 0.25) is 5.91 Å². The van der Waals surface area contributed by atoms with Gasteiger partial charge in [-0.3, -0.25) is 14.5 Å². The summed E-state index contributed by atoms with van der Waals surface area (Å²) in [4.78, 5) is 49.4. The van der Waals surface area contributed by atoms with Gasteiger partial charge >= 0.3 is 14.5 Å². The van der Waals surface area contributed by atoms with E-state index in [4.69, 9.17) is 13.6 Å². The molecule has 0 spiro atoms. The molecule has 9 nitrogen and oxygen atoms in total. The van der Waals surface area contributed by atoms with Crippen molar-refractivity contribution in [3.8, 4) is 0 Å². The summed E-state index contributed by atoms with van der Waals surface area (Å²) in [5.74, 6) is -0.598. The molecule has 250 valence electrons. The Morgan fingerprint density at radius 1 is 1.14 bits per heavy atom. The van der Waals surface area contributed by atoms with Crippen molar-refractivity contribution in [2.75, 3.05) is 40.5 Å². The number of carbonyl (C=O) groups excluding carboxylic acids is 3. The van der Waals surface area contributed by atoms with E-state index in [2.05, 4.69) is 50.6 Å². The maximum atomic E-state index is 14.6. The molecule has 1 fully saturated rings. The minimum Gasteiger partial charge on any atom is -0.464 e. The number of Topliss-reactive ketones (excluding diaryl/α,β-unsaturated/α-hetero) is 1. The molecule has 0 unspecified atom stereocenters. The molecule has 1 aliphatic rings. The van der Waals surface area contributed by atoms with Crippen LogP contribution in [0, 0.1) is 17.8 Å². The molecular weight excluding hydrogens is 595 g/mol. The average Bonchev–Trinajstić information content (AvgIpc) is 3.48. The van der Waals surface area contributed by atoms with Gasteiger partial charge in [0.15, 0.2) is 11.5 Å². The minimum absolute atomic E-state index is 0.0212. The van der Waals surface area contributed by atoms with Gasteiger partial charge in [0.25, 0.3) is 0 Å². The minimum atomic E-state index is -3.02. The molecule has 11 heteroatoms. The van der Waals surface area contributed by atoms with Crippen LogP contribution in [0.25, 0.3) is 5.20 Å². The molecule has 2 heterocycles. The van der Waals surface area contributed by atoms with Crippen LogP contribution in [0.5, 0.6) is 0 Å². The van der Waals surface area contributed by atoms with Crippen LogP contribution < -0.4 is 0 Å². The number of ether oxygens (including phenoxy) is 1. The first kappa shape index (κ1) is 38.3. The maximum absolute atomic E-state index is 14.6. The Bertz CT molecular complexity index is 1100. The van der Waals surface area contributed by atoms with Gasteiger partial charge in [0.05, 0.1) is 19.2 Å². The Kier molecular flexibility index (Phi) is 15.9. The molecule has 44 heavy (non-hydrogen) atoms. The predicted octanol–water partition coefficient (Wildman–Crippen LogP) is 6.37. The number of likely N-dealkylation sites (tertiary alicyclic amines) is 1. The van der Waals surface area contributed by atoms with Crippen molar-refractivity contribution in [2.45, 2.75) is 106 Å². The van der Waals surface area contributed by atoms with E-state index in [0.29, 0.717) is 24.8 Å². The van der Waals surface area contributed by atoms with Crippen LogP contribution >= 0.6 is 11.3 Å². The quantitative estimate of drug-likeness (QED) is 0.134. The van der Waals surface area contributed by atoms with Gasteiger partial charge in [-0.2, -0.15) is 0 Å². The van der Waals surface area contributed by atoms with E-state index in [-0.39, 0.29) is 47.7 Å². The molecule has 0 bridgehead atoms. The van der Waals surface area contributed by atoms with E-state index in [9.17, 15) is 14.4 Å². The van der Waals surface area contributed by atoms with Crippen molar-refractivity contribution in [2.24, 2.45) is 17.8 Å². The summed E-state index contributed by atoms with van der Waals surface area (Å²) < 4.78 is 17.6. The summed E-state index contributed by atoms with van der Waals surface area (Å²) in [5, 5.41) is 3.12. The number of hydrogen-bond donors (Lipinski definition) is 0. The molecule has 2 rings (SSSR count). The molecule has 0 saturated carbocycles. The van der Waals surface area contributed by atoms with Gasteiger partial charge in [-0.1, -0.05) is 53.5 Å². The van der Waals surface area contributed by atoms with Crippen LogP contribution in [0.4, 0.5) is 0 Å². The Labute approximate surface area is 271 Å². The summed E-state index contributed by atoms with van der Waals surface area (Å²) in [6.07, 6.45) is 6.95. The SMILES string of the molecule is CCCN(C(=O)[C@@H](CC(=O)[C@H]1CCCCN1C)[C@@H](C)CC)[C@H](/C=C(\c1nc(C(=O)OC)cs1)[Si](C)(OCC)OCC)C(C)C. The zero-order valence-electron chi connectivity index (χ0n) is 28.8. The van der Waals surface area contributed by atoms with Crippen molar-refractivity contribution in [3.63, 3.8) is 0 Å². The molecular formula is C33H57N3O6SSi. The highest BCUT2D eigenvalue weighted by atomic mass is 32.1.